The van der Waals surface area contributed by atoms with Crippen molar-refractivity contribution in [2.75, 3.05) is 37.4 Å². The number of pyridine rings is 1. The maximum absolute atomic E-state index is 4.36. The molecule has 1 unspecified atom stereocenters. The molecule has 4 heteroatoms. The van der Waals surface area contributed by atoms with Gasteiger partial charge in [0.15, 0.2) is 5.82 Å². The quantitative estimate of drug-likeness (QED) is 0.771. The van der Waals surface area contributed by atoms with Crippen molar-refractivity contribution in [1.29, 1.82) is 0 Å². The molecule has 82 valence electrons. The van der Waals surface area contributed by atoms with Gasteiger partial charge in [-0.2, -0.15) is 0 Å². The summed E-state index contributed by atoms with van der Waals surface area (Å²) in [4.78, 5) is 6.40. The summed E-state index contributed by atoms with van der Waals surface area (Å²) in [5.74, 6) is 1.00. The molecule has 2 N–H and O–H groups in total. The van der Waals surface area contributed by atoms with Gasteiger partial charge in [0.2, 0.25) is 0 Å². The lowest BCUT2D eigenvalue weighted by molar-refractivity contribution is 0.791. The Labute approximate surface area is 90.7 Å². The molecular weight excluding hydrogens is 188 g/mol. The fourth-order valence-corrected chi connectivity index (χ4v) is 1.86. The number of aromatic nitrogens is 1. The molecule has 2 heterocycles. The van der Waals surface area contributed by atoms with Gasteiger partial charge in [-0.25, -0.2) is 4.98 Å². The van der Waals surface area contributed by atoms with Crippen molar-refractivity contribution in [2.45, 2.75) is 12.5 Å². The van der Waals surface area contributed by atoms with Crippen LogP contribution in [0.2, 0.25) is 0 Å². The molecule has 0 amide bonds. The van der Waals surface area contributed by atoms with Gasteiger partial charge < -0.3 is 15.5 Å². The van der Waals surface area contributed by atoms with E-state index in [2.05, 4.69) is 21.7 Å². The van der Waals surface area contributed by atoms with Gasteiger partial charge in [-0.05, 0) is 25.1 Å². The third-order valence-corrected chi connectivity index (χ3v) is 2.63. The molecule has 0 aromatic carbocycles. The zero-order valence-corrected chi connectivity index (χ0v) is 9.33. The minimum absolute atomic E-state index is 0.535. The zero-order valence-electron chi connectivity index (χ0n) is 9.33. The normalized spacial score (nSPS) is 20.3. The second kappa shape index (κ2) is 4.49. The van der Waals surface area contributed by atoms with E-state index in [1.165, 1.54) is 6.42 Å². The van der Waals surface area contributed by atoms with Gasteiger partial charge in [0, 0.05) is 32.9 Å². The Kier molecular flexibility index (Phi) is 3.06. The summed E-state index contributed by atoms with van der Waals surface area (Å²) in [5.41, 5.74) is 1.12. The highest BCUT2D eigenvalue weighted by molar-refractivity contribution is 5.65. The SMILES string of the molecule is CN(C)c1ncccc1NC1CCNC1. The summed E-state index contributed by atoms with van der Waals surface area (Å²) in [6, 6.07) is 4.59. The molecule has 1 aromatic rings. The first-order valence-electron chi connectivity index (χ1n) is 5.37. The topological polar surface area (TPSA) is 40.2 Å². The van der Waals surface area contributed by atoms with E-state index < -0.39 is 0 Å². The average molecular weight is 206 g/mol. The average Bonchev–Trinajstić information content (AvgIpc) is 2.71. The van der Waals surface area contributed by atoms with Crippen LogP contribution in [0.5, 0.6) is 0 Å². The van der Waals surface area contributed by atoms with E-state index in [1.807, 2.05) is 31.3 Å². The first-order chi connectivity index (χ1) is 7.27. The molecule has 0 aliphatic carbocycles. The Morgan fingerprint density at radius 2 is 2.40 bits per heavy atom. The molecule has 1 saturated heterocycles. The summed E-state index contributed by atoms with van der Waals surface area (Å²) in [7, 11) is 4.03. The highest BCUT2D eigenvalue weighted by Gasteiger charge is 2.15. The summed E-state index contributed by atoms with van der Waals surface area (Å²) >= 11 is 0. The Morgan fingerprint density at radius 3 is 3.07 bits per heavy atom. The molecule has 15 heavy (non-hydrogen) atoms. The van der Waals surface area contributed by atoms with Crippen LogP contribution < -0.4 is 15.5 Å². The Morgan fingerprint density at radius 1 is 1.53 bits per heavy atom. The maximum atomic E-state index is 4.36. The van der Waals surface area contributed by atoms with E-state index in [9.17, 15) is 0 Å². The molecule has 1 aliphatic heterocycles. The van der Waals surface area contributed by atoms with Crippen LogP contribution in [0.3, 0.4) is 0 Å². The molecular formula is C11H18N4. The van der Waals surface area contributed by atoms with Crippen molar-refractivity contribution in [1.82, 2.24) is 10.3 Å². The van der Waals surface area contributed by atoms with Crippen LogP contribution in [0.25, 0.3) is 0 Å². The van der Waals surface area contributed by atoms with E-state index >= 15 is 0 Å². The number of anilines is 2. The van der Waals surface area contributed by atoms with Crippen molar-refractivity contribution < 1.29 is 0 Å². The number of rotatable bonds is 3. The van der Waals surface area contributed by atoms with Gasteiger partial charge in [0.1, 0.15) is 0 Å². The highest BCUT2D eigenvalue weighted by Crippen LogP contribution is 2.22. The summed E-state index contributed by atoms with van der Waals surface area (Å²) in [6.07, 6.45) is 3.01. The second-order valence-electron chi connectivity index (χ2n) is 4.10. The number of hydrogen-bond donors (Lipinski definition) is 2. The van der Waals surface area contributed by atoms with E-state index in [4.69, 9.17) is 0 Å². The lowest BCUT2D eigenvalue weighted by Crippen LogP contribution is -2.24. The predicted molar refractivity (Wildman–Crippen MR) is 63.5 cm³/mol. The third-order valence-electron chi connectivity index (χ3n) is 2.63. The predicted octanol–water partition coefficient (Wildman–Crippen LogP) is 0.921. The first-order valence-corrected chi connectivity index (χ1v) is 5.37. The van der Waals surface area contributed by atoms with Crippen molar-refractivity contribution in [2.24, 2.45) is 0 Å². The van der Waals surface area contributed by atoms with Crippen molar-refractivity contribution in [3.8, 4) is 0 Å². The smallest absolute Gasteiger partial charge is 0.151 e. The van der Waals surface area contributed by atoms with Gasteiger partial charge in [-0.15, -0.1) is 0 Å². The lowest BCUT2D eigenvalue weighted by Gasteiger charge is -2.19. The number of hydrogen-bond acceptors (Lipinski definition) is 4. The largest absolute Gasteiger partial charge is 0.378 e. The van der Waals surface area contributed by atoms with Crippen LogP contribution in [0, 0.1) is 0 Å². The number of nitrogens with one attached hydrogen (secondary N) is 2. The molecule has 1 atom stereocenters. The standard InChI is InChI=1S/C11H18N4/c1-15(2)11-10(4-3-6-13-11)14-9-5-7-12-8-9/h3-4,6,9,12,14H,5,7-8H2,1-2H3. The van der Waals surface area contributed by atoms with Crippen LogP contribution in [-0.4, -0.2) is 38.2 Å². The zero-order chi connectivity index (χ0) is 10.7. The highest BCUT2D eigenvalue weighted by atomic mass is 15.2. The summed E-state index contributed by atoms with van der Waals surface area (Å²) < 4.78 is 0. The van der Waals surface area contributed by atoms with Gasteiger partial charge in [-0.3, -0.25) is 0 Å². The van der Waals surface area contributed by atoms with E-state index in [0.717, 1.165) is 24.6 Å². The lowest BCUT2D eigenvalue weighted by atomic mass is 10.2. The Balaban J connectivity index is 2.12. The van der Waals surface area contributed by atoms with Gasteiger partial charge in [-0.1, -0.05) is 0 Å². The molecule has 1 aliphatic rings. The minimum Gasteiger partial charge on any atom is -0.378 e. The maximum Gasteiger partial charge on any atom is 0.151 e. The molecule has 2 rings (SSSR count). The van der Waals surface area contributed by atoms with Crippen LogP contribution in [0.1, 0.15) is 6.42 Å². The minimum atomic E-state index is 0.535. The molecule has 0 saturated carbocycles. The van der Waals surface area contributed by atoms with Crippen LogP contribution >= 0.6 is 0 Å². The molecule has 4 nitrogen and oxygen atoms in total. The summed E-state index contributed by atoms with van der Waals surface area (Å²) in [5, 5.41) is 6.87. The van der Waals surface area contributed by atoms with Crippen LogP contribution in [0.4, 0.5) is 11.5 Å². The fraction of sp³-hybridized carbons (Fsp3) is 0.545. The van der Waals surface area contributed by atoms with Crippen LogP contribution in [0.15, 0.2) is 18.3 Å². The van der Waals surface area contributed by atoms with Crippen molar-refractivity contribution in [3.63, 3.8) is 0 Å². The summed E-state index contributed by atoms with van der Waals surface area (Å²) in [6.45, 7) is 2.15. The van der Waals surface area contributed by atoms with Crippen molar-refractivity contribution in [3.05, 3.63) is 18.3 Å². The molecule has 0 bridgehead atoms. The van der Waals surface area contributed by atoms with Gasteiger partial charge >= 0.3 is 0 Å². The van der Waals surface area contributed by atoms with Crippen molar-refractivity contribution >= 4 is 11.5 Å². The van der Waals surface area contributed by atoms with Crippen LogP contribution in [-0.2, 0) is 0 Å². The van der Waals surface area contributed by atoms with E-state index in [1.54, 1.807) is 0 Å². The first kappa shape index (κ1) is 10.2. The molecule has 1 fully saturated rings. The van der Waals surface area contributed by atoms with E-state index in [-0.39, 0.29) is 0 Å². The van der Waals surface area contributed by atoms with E-state index in [0.29, 0.717) is 6.04 Å². The van der Waals surface area contributed by atoms with Gasteiger partial charge in [0.05, 0.1) is 5.69 Å². The molecule has 0 spiro atoms. The Hall–Kier alpha value is -1.29. The second-order valence-corrected chi connectivity index (χ2v) is 4.10. The van der Waals surface area contributed by atoms with Gasteiger partial charge in [0.25, 0.3) is 0 Å². The molecule has 0 radical (unpaired) electrons. The third kappa shape index (κ3) is 2.39. The Bertz CT molecular complexity index is 318. The number of nitrogens with zero attached hydrogens (tertiary/aromatic N) is 2. The monoisotopic (exact) mass is 206 g/mol. The fourth-order valence-electron chi connectivity index (χ4n) is 1.86. The molecule has 1 aromatic heterocycles.